The van der Waals surface area contributed by atoms with Gasteiger partial charge in [-0.1, -0.05) is 12.1 Å². The molecule has 0 saturated heterocycles. The Kier molecular flexibility index (Phi) is 2.66. The van der Waals surface area contributed by atoms with E-state index in [4.69, 9.17) is 5.11 Å². The minimum Gasteiger partial charge on any atom is -0.508 e. The second-order valence-electron chi connectivity index (χ2n) is 3.50. The molecular weight excluding hydrogens is 222 g/mol. The normalized spacial score (nSPS) is 10.1. The molecule has 0 saturated carbocycles. The first-order valence-corrected chi connectivity index (χ1v) is 4.83. The van der Waals surface area contributed by atoms with Crippen molar-refractivity contribution >= 4 is 5.97 Å². The number of aromatic carboxylic acids is 1. The lowest BCUT2D eigenvalue weighted by Gasteiger charge is -2.03. The van der Waals surface area contributed by atoms with Gasteiger partial charge in [-0.25, -0.2) is 4.79 Å². The number of hydrogen-bond acceptors (Lipinski definition) is 3. The van der Waals surface area contributed by atoms with E-state index in [1.165, 1.54) is 18.2 Å². The highest BCUT2D eigenvalue weighted by molar-refractivity contribution is 5.88. The highest BCUT2D eigenvalue weighted by atomic mass is 16.4. The van der Waals surface area contributed by atoms with E-state index in [9.17, 15) is 14.7 Å². The fourth-order valence-electron chi connectivity index (χ4n) is 1.50. The van der Waals surface area contributed by atoms with Crippen molar-refractivity contribution in [2.75, 3.05) is 0 Å². The van der Waals surface area contributed by atoms with Crippen LogP contribution in [-0.2, 0) is 0 Å². The first-order valence-electron chi connectivity index (χ1n) is 4.83. The summed E-state index contributed by atoms with van der Waals surface area (Å²) in [6.45, 7) is 0. The smallest absolute Gasteiger partial charge is 0.335 e. The lowest BCUT2D eigenvalue weighted by molar-refractivity contribution is 0.0696. The van der Waals surface area contributed by atoms with E-state index in [-0.39, 0.29) is 11.3 Å². The molecule has 0 unspecified atom stereocenters. The Morgan fingerprint density at radius 2 is 1.94 bits per heavy atom. The quantitative estimate of drug-likeness (QED) is 0.729. The molecule has 0 spiro atoms. The maximum Gasteiger partial charge on any atom is 0.335 e. The number of carbonyl (C=O) groups is 1. The van der Waals surface area contributed by atoms with E-state index in [2.05, 4.69) is 4.98 Å². The summed E-state index contributed by atoms with van der Waals surface area (Å²) in [5.41, 5.74) is 0.311. The van der Waals surface area contributed by atoms with Crippen LogP contribution in [0.1, 0.15) is 10.4 Å². The van der Waals surface area contributed by atoms with Crippen LogP contribution in [0.2, 0.25) is 0 Å². The second-order valence-corrected chi connectivity index (χ2v) is 3.50. The van der Waals surface area contributed by atoms with Crippen LogP contribution in [0.5, 0.6) is 5.75 Å². The van der Waals surface area contributed by atoms with Gasteiger partial charge in [0.05, 0.1) is 5.56 Å². The second kappa shape index (κ2) is 4.13. The molecule has 5 heteroatoms. The molecule has 0 bridgehead atoms. The molecule has 1 aromatic carbocycles. The van der Waals surface area contributed by atoms with Gasteiger partial charge in [0, 0.05) is 17.3 Å². The van der Waals surface area contributed by atoms with Crippen LogP contribution in [0, 0.1) is 0 Å². The largest absolute Gasteiger partial charge is 0.508 e. The maximum absolute atomic E-state index is 11.3. The first-order chi connectivity index (χ1) is 8.06. The van der Waals surface area contributed by atoms with Crippen molar-refractivity contribution in [1.29, 1.82) is 0 Å². The predicted octanol–water partition coefficient (Wildman–Crippen LogP) is 1.45. The van der Waals surface area contributed by atoms with Gasteiger partial charge >= 0.3 is 5.97 Å². The van der Waals surface area contributed by atoms with Crippen LogP contribution in [-0.4, -0.2) is 21.2 Å². The zero-order valence-electron chi connectivity index (χ0n) is 8.68. The van der Waals surface area contributed by atoms with Crippen molar-refractivity contribution in [2.24, 2.45) is 0 Å². The monoisotopic (exact) mass is 231 g/mol. The van der Waals surface area contributed by atoms with Gasteiger partial charge in [0.1, 0.15) is 5.75 Å². The molecule has 5 nitrogen and oxygen atoms in total. The Labute approximate surface area is 96.0 Å². The van der Waals surface area contributed by atoms with Gasteiger partial charge in [-0.05, 0) is 18.2 Å². The average molecular weight is 231 g/mol. The summed E-state index contributed by atoms with van der Waals surface area (Å²) in [4.78, 5) is 24.6. The fourth-order valence-corrected chi connectivity index (χ4v) is 1.50. The number of benzene rings is 1. The molecule has 2 rings (SSSR count). The van der Waals surface area contributed by atoms with Crippen molar-refractivity contribution in [3.8, 4) is 17.0 Å². The summed E-state index contributed by atoms with van der Waals surface area (Å²) in [6, 6.07) is 8.56. The molecule has 0 radical (unpaired) electrons. The number of aromatic nitrogens is 1. The van der Waals surface area contributed by atoms with Gasteiger partial charge < -0.3 is 15.2 Å². The number of carboxylic acid groups (broad SMARTS) is 1. The highest BCUT2D eigenvalue weighted by Crippen LogP contribution is 2.21. The van der Waals surface area contributed by atoms with Gasteiger partial charge in [-0.2, -0.15) is 0 Å². The minimum atomic E-state index is -1.17. The molecule has 3 N–H and O–H groups in total. The van der Waals surface area contributed by atoms with Gasteiger partial charge in [-0.3, -0.25) is 4.79 Å². The molecule has 17 heavy (non-hydrogen) atoms. The Hall–Kier alpha value is -2.56. The molecule has 0 fully saturated rings. The van der Waals surface area contributed by atoms with Crippen LogP contribution < -0.4 is 5.56 Å². The zero-order valence-corrected chi connectivity index (χ0v) is 8.68. The van der Waals surface area contributed by atoms with E-state index in [0.717, 1.165) is 6.07 Å². The molecule has 0 aliphatic carbocycles. The van der Waals surface area contributed by atoms with Crippen molar-refractivity contribution in [2.45, 2.75) is 0 Å². The van der Waals surface area contributed by atoms with Crippen LogP contribution in [0.25, 0.3) is 11.3 Å². The standard InChI is InChI=1S/C12H9NO4/c14-9-3-1-2-7(4-9)10-5-8(12(16)17)6-11(15)13-10/h1-6,14H,(H,13,15)(H,16,17). The first kappa shape index (κ1) is 10.9. The molecular formula is C12H9NO4. The molecule has 1 heterocycles. The van der Waals surface area contributed by atoms with E-state index < -0.39 is 11.5 Å². The van der Waals surface area contributed by atoms with Gasteiger partial charge in [0.15, 0.2) is 0 Å². The Balaban J connectivity index is 2.60. The van der Waals surface area contributed by atoms with Crippen molar-refractivity contribution in [3.05, 3.63) is 52.3 Å². The number of phenols is 1. The number of pyridine rings is 1. The number of phenolic OH excluding ortho intramolecular Hbond substituents is 1. The minimum absolute atomic E-state index is 0.0454. The third kappa shape index (κ3) is 2.34. The lowest BCUT2D eigenvalue weighted by Crippen LogP contribution is -2.10. The fraction of sp³-hybridized carbons (Fsp3) is 0. The third-order valence-corrected chi connectivity index (χ3v) is 2.25. The third-order valence-electron chi connectivity index (χ3n) is 2.25. The number of carboxylic acids is 1. The number of H-pyrrole nitrogens is 1. The van der Waals surface area contributed by atoms with E-state index in [1.54, 1.807) is 12.1 Å². The number of hydrogen-bond donors (Lipinski definition) is 3. The number of nitrogens with one attached hydrogen (secondary N) is 1. The topological polar surface area (TPSA) is 90.4 Å². The van der Waals surface area contributed by atoms with Crippen LogP contribution in [0.3, 0.4) is 0 Å². The van der Waals surface area contributed by atoms with Gasteiger partial charge in [0.25, 0.3) is 0 Å². The van der Waals surface area contributed by atoms with Crippen LogP contribution >= 0.6 is 0 Å². The molecule has 1 aromatic heterocycles. The number of rotatable bonds is 2. The molecule has 0 aliphatic heterocycles. The SMILES string of the molecule is O=C(O)c1cc(-c2cccc(O)c2)[nH]c(=O)c1. The van der Waals surface area contributed by atoms with Crippen molar-refractivity contribution in [1.82, 2.24) is 4.98 Å². The van der Waals surface area contributed by atoms with Gasteiger partial charge in [-0.15, -0.1) is 0 Å². The Bertz CT molecular complexity index is 630. The summed E-state index contributed by atoms with van der Waals surface area (Å²) in [5.74, 6) is -1.12. The van der Waals surface area contributed by atoms with Crippen molar-refractivity contribution < 1.29 is 15.0 Å². The van der Waals surface area contributed by atoms with Crippen LogP contribution in [0.15, 0.2) is 41.2 Å². The molecule has 0 amide bonds. The van der Waals surface area contributed by atoms with E-state index in [1.807, 2.05) is 0 Å². The maximum atomic E-state index is 11.3. The number of aromatic amines is 1. The summed E-state index contributed by atoms with van der Waals surface area (Å²) in [7, 11) is 0. The van der Waals surface area contributed by atoms with Crippen molar-refractivity contribution in [3.63, 3.8) is 0 Å². The summed E-state index contributed by atoms with van der Waals surface area (Å²) >= 11 is 0. The summed E-state index contributed by atoms with van der Waals surface area (Å²) in [5, 5.41) is 18.1. The number of aromatic hydroxyl groups is 1. The Morgan fingerprint density at radius 3 is 2.59 bits per heavy atom. The lowest BCUT2D eigenvalue weighted by atomic mass is 10.1. The highest BCUT2D eigenvalue weighted by Gasteiger charge is 2.07. The Morgan fingerprint density at radius 1 is 1.18 bits per heavy atom. The van der Waals surface area contributed by atoms with Gasteiger partial charge in [0.2, 0.25) is 5.56 Å². The predicted molar refractivity (Wildman–Crippen MR) is 61.1 cm³/mol. The summed E-state index contributed by atoms with van der Waals surface area (Å²) in [6.07, 6.45) is 0. The average Bonchev–Trinajstić information content (AvgIpc) is 2.28. The molecule has 86 valence electrons. The molecule has 0 aliphatic rings. The van der Waals surface area contributed by atoms with E-state index in [0.29, 0.717) is 11.3 Å². The zero-order chi connectivity index (χ0) is 12.4. The van der Waals surface area contributed by atoms with Crippen LogP contribution in [0.4, 0.5) is 0 Å². The molecule has 2 aromatic rings. The molecule has 0 atom stereocenters. The summed E-state index contributed by atoms with van der Waals surface area (Å²) < 4.78 is 0. The van der Waals surface area contributed by atoms with E-state index >= 15 is 0 Å².